The van der Waals surface area contributed by atoms with Gasteiger partial charge >= 0.3 is 0 Å². The van der Waals surface area contributed by atoms with Gasteiger partial charge in [0, 0.05) is 22.6 Å². The summed E-state index contributed by atoms with van der Waals surface area (Å²) >= 11 is 0. The predicted octanol–water partition coefficient (Wildman–Crippen LogP) is 4.04. The van der Waals surface area contributed by atoms with Crippen LogP contribution in [0.5, 0.6) is 23.0 Å². The van der Waals surface area contributed by atoms with E-state index >= 15 is 0 Å². The van der Waals surface area contributed by atoms with Crippen molar-refractivity contribution in [1.82, 2.24) is 0 Å². The third kappa shape index (κ3) is 2.37. The minimum absolute atomic E-state index is 0.00242. The summed E-state index contributed by atoms with van der Waals surface area (Å²) in [4.78, 5) is 12.9. The normalized spacial score (nSPS) is 24.7. The highest BCUT2D eigenvalue weighted by molar-refractivity contribution is 5.88. The molecule has 0 bridgehead atoms. The van der Waals surface area contributed by atoms with Crippen LogP contribution in [0.1, 0.15) is 70.2 Å². The SMILES string of the molecule is CC(=O)[C@@H]1c2c(C)c(O)c(C)c(O)c2C[C@@H]2c3c(C)c(O)c(C)c(O)c3CO[C@@]21C. The molecule has 0 spiro atoms. The van der Waals surface area contributed by atoms with Crippen LogP contribution in [0.15, 0.2) is 0 Å². The van der Waals surface area contributed by atoms with Crippen molar-refractivity contribution in [2.24, 2.45) is 0 Å². The third-order valence-electron chi connectivity index (χ3n) is 7.41. The van der Waals surface area contributed by atoms with Crippen molar-refractivity contribution in [1.29, 1.82) is 0 Å². The highest BCUT2D eigenvalue weighted by Gasteiger charge is 2.55. The lowest BCUT2D eigenvalue weighted by molar-refractivity contribution is -0.137. The highest BCUT2D eigenvalue weighted by Crippen LogP contribution is 2.59. The molecule has 3 atom stereocenters. The van der Waals surface area contributed by atoms with Gasteiger partial charge in [0.15, 0.2) is 0 Å². The van der Waals surface area contributed by atoms with Gasteiger partial charge in [0.2, 0.25) is 0 Å². The first-order valence-electron chi connectivity index (χ1n) is 10.2. The van der Waals surface area contributed by atoms with Gasteiger partial charge in [0.25, 0.3) is 0 Å². The van der Waals surface area contributed by atoms with Crippen LogP contribution in [0.4, 0.5) is 0 Å². The van der Waals surface area contributed by atoms with E-state index in [2.05, 4.69) is 0 Å². The molecule has 0 aromatic heterocycles. The lowest BCUT2D eigenvalue weighted by Crippen LogP contribution is -2.51. The zero-order chi connectivity index (χ0) is 22.3. The zero-order valence-electron chi connectivity index (χ0n) is 18.2. The molecule has 0 fully saturated rings. The lowest BCUT2D eigenvalue weighted by atomic mass is 9.59. The van der Waals surface area contributed by atoms with E-state index in [1.54, 1.807) is 27.7 Å². The Labute approximate surface area is 175 Å². The van der Waals surface area contributed by atoms with Crippen LogP contribution in [-0.2, 0) is 22.6 Å². The van der Waals surface area contributed by atoms with Gasteiger partial charge in [-0.15, -0.1) is 0 Å². The lowest BCUT2D eigenvalue weighted by Gasteiger charge is -2.51. The molecule has 160 valence electrons. The molecule has 2 aromatic rings. The molecule has 1 aliphatic heterocycles. The van der Waals surface area contributed by atoms with Crippen LogP contribution in [0.2, 0.25) is 0 Å². The minimum Gasteiger partial charge on any atom is -0.507 e. The van der Waals surface area contributed by atoms with Gasteiger partial charge in [-0.1, -0.05) is 0 Å². The number of aromatic hydroxyl groups is 4. The average Bonchev–Trinajstić information content (AvgIpc) is 2.70. The molecule has 30 heavy (non-hydrogen) atoms. The Morgan fingerprint density at radius 1 is 0.833 bits per heavy atom. The molecule has 0 unspecified atom stereocenters. The number of carbonyl (C=O) groups excluding carboxylic acids is 1. The van der Waals surface area contributed by atoms with Crippen LogP contribution < -0.4 is 0 Å². The second kappa shape index (κ2) is 6.38. The number of hydrogen-bond donors (Lipinski definition) is 4. The molecule has 4 rings (SSSR count). The summed E-state index contributed by atoms with van der Waals surface area (Å²) in [6.45, 7) is 10.3. The number of ether oxygens (including phenoxy) is 1. The number of phenolic OH excluding ortho intramolecular Hbond substituents is 4. The monoisotopic (exact) mass is 412 g/mol. The van der Waals surface area contributed by atoms with Crippen LogP contribution in [0.3, 0.4) is 0 Å². The van der Waals surface area contributed by atoms with Gasteiger partial charge < -0.3 is 25.2 Å². The van der Waals surface area contributed by atoms with Gasteiger partial charge in [-0.05, 0) is 75.8 Å². The molecule has 2 aliphatic rings. The molecule has 0 amide bonds. The maximum atomic E-state index is 12.9. The van der Waals surface area contributed by atoms with Crippen molar-refractivity contribution < 1.29 is 30.0 Å². The number of hydrogen-bond acceptors (Lipinski definition) is 6. The van der Waals surface area contributed by atoms with Crippen molar-refractivity contribution in [3.8, 4) is 23.0 Å². The fourth-order valence-corrected chi connectivity index (χ4v) is 5.72. The van der Waals surface area contributed by atoms with Gasteiger partial charge in [-0.2, -0.15) is 0 Å². The fourth-order valence-electron chi connectivity index (χ4n) is 5.72. The van der Waals surface area contributed by atoms with E-state index < -0.39 is 11.5 Å². The van der Waals surface area contributed by atoms with Crippen LogP contribution in [0, 0.1) is 27.7 Å². The van der Waals surface area contributed by atoms with E-state index in [9.17, 15) is 25.2 Å². The third-order valence-corrected chi connectivity index (χ3v) is 7.41. The minimum atomic E-state index is -0.955. The Kier molecular flexibility index (Phi) is 4.37. The van der Waals surface area contributed by atoms with Crippen molar-refractivity contribution in [3.05, 3.63) is 44.5 Å². The molecule has 6 nitrogen and oxygen atoms in total. The quantitative estimate of drug-likeness (QED) is 0.563. The van der Waals surface area contributed by atoms with Gasteiger partial charge in [-0.3, -0.25) is 4.79 Å². The molecule has 1 aliphatic carbocycles. The van der Waals surface area contributed by atoms with E-state index in [4.69, 9.17) is 4.74 Å². The van der Waals surface area contributed by atoms with Crippen molar-refractivity contribution in [2.75, 3.05) is 0 Å². The summed E-state index contributed by atoms with van der Waals surface area (Å²) in [6.07, 6.45) is 0.360. The van der Waals surface area contributed by atoms with E-state index in [0.29, 0.717) is 45.4 Å². The summed E-state index contributed by atoms with van der Waals surface area (Å²) in [6, 6.07) is 0. The summed E-state index contributed by atoms with van der Waals surface area (Å²) in [5, 5.41) is 42.7. The first-order chi connectivity index (χ1) is 13.9. The Morgan fingerprint density at radius 3 is 1.87 bits per heavy atom. The van der Waals surface area contributed by atoms with E-state index in [1.807, 2.05) is 6.92 Å². The predicted molar refractivity (Wildman–Crippen MR) is 112 cm³/mol. The van der Waals surface area contributed by atoms with Gasteiger partial charge in [-0.25, -0.2) is 0 Å². The highest BCUT2D eigenvalue weighted by atomic mass is 16.5. The average molecular weight is 412 g/mol. The number of Topliss-reactive ketones (excluding diaryl/α,β-unsaturated/α-hetero) is 1. The molecule has 6 heteroatoms. The second-order valence-electron chi connectivity index (χ2n) is 8.95. The molecule has 1 heterocycles. The summed E-state index contributed by atoms with van der Waals surface area (Å²) in [5.74, 6) is -1.21. The molecular weight excluding hydrogens is 384 g/mol. The Hall–Kier alpha value is -2.73. The molecule has 0 radical (unpaired) electrons. The number of carbonyl (C=O) groups is 1. The van der Waals surface area contributed by atoms with E-state index in [1.165, 1.54) is 6.92 Å². The standard InChI is InChI=1S/C24H28O6/c1-9-17-15(23(29)12(4)20(9)26)8-30-24(6)16(17)7-14-18(19(24)13(5)25)10(2)21(27)11(3)22(14)28/h16,19,26-29H,7-8H2,1-6H3/t16-,19-,24+/m1/s1. The Balaban J connectivity index is 2.08. The number of rotatable bonds is 1. The number of benzene rings is 2. The van der Waals surface area contributed by atoms with E-state index in [-0.39, 0.29) is 41.3 Å². The Morgan fingerprint density at radius 2 is 1.33 bits per heavy atom. The Bertz CT molecular complexity index is 1120. The first-order valence-corrected chi connectivity index (χ1v) is 10.2. The number of fused-ring (bicyclic) bond motifs is 4. The van der Waals surface area contributed by atoms with E-state index in [0.717, 1.165) is 5.56 Å². The fraction of sp³-hybridized carbons (Fsp3) is 0.458. The maximum absolute atomic E-state index is 12.9. The molecule has 0 saturated heterocycles. The molecular formula is C24H28O6. The van der Waals surface area contributed by atoms with Crippen LogP contribution in [0.25, 0.3) is 0 Å². The van der Waals surface area contributed by atoms with Crippen molar-refractivity contribution in [2.45, 2.75) is 72.0 Å². The van der Waals surface area contributed by atoms with Crippen molar-refractivity contribution in [3.63, 3.8) is 0 Å². The number of ketones is 1. The largest absolute Gasteiger partial charge is 0.507 e. The summed E-state index contributed by atoms with van der Waals surface area (Å²) < 4.78 is 6.30. The first kappa shape index (κ1) is 20.5. The molecule has 4 N–H and O–H groups in total. The van der Waals surface area contributed by atoms with Crippen molar-refractivity contribution >= 4 is 5.78 Å². The van der Waals surface area contributed by atoms with Gasteiger partial charge in [0.1, 0.15) is 28.8 Å². The second-order valence-corrected chi connectivity index (χ2v) is 8.95. The molecule has 0 saturated carbocycles. The topological polar surface area (TPSA) is 107 Å². The van der Waals surface area contributed by atoms with Gasteiger partial charge in [0.05, 0.1) is 18.1 Å². The van der Waals surface area contributed by atoms with Crippen LogP contribution >= 0.6 is 0 Å². The maximum Gasteiger partial charge on any atom is 0.140 e. The number of phenols is 4. The smallest absolute Gasteiger partial charge is 0.140 e. The zero-order valence-corrected chi connectivity index (χ0v) is 18.2. The van der Waals surface area contributed by atoms with Crippen LogP contribution in [-0.4, -0.2) is 31.8 Å². The summed E-state index contributed by atoms with van der Waals surface area (Å²) in [5.41, 5.74) is 3.65. The molecule has 2 aromatic carbocycles. The summed E-state index contributed by atoms with van der Waals surface area (Å²) in [7, 11) is 0.